The maximum Gasteiger partial charge on any atom is 0.154 e. The van der Waals surface area contributed by atoms with Gasteiger partial charge >= 0.3 is 0 Å². The van der Waals surface area contributed by atoms with Gasteiger partial charge in [0.1, 0.15) is 11.3 Å². The lowest BCUT2D eigenvalue weighted by atomic mass is 9.67. The molecule has 1 saturated carbocycles. The second-order valence-electron chi connectivity index (χ2n) is 5.46. The molecule has 2 fully saturated rings. The molecule has 5 nitrogen and oxygen atoms in total. The highest BCUT2D eigenvalue weighted by atomic mass is 79.9. The Bertz CT molecular complexity index is 437. The van der Waals surface area contributed by atoms with Crippen LogP contribution in [0.25, 0.3) is 0 Å². The third kappa shape index (κ3) is 1.58. The summed E-state index contributed by atoms with van der Waals surface area (Å²) in [5.41, 5.74) is -0.0706. The average Bonchev–Trinajstić information content (AvgIpc) is 2.84. The van der Waals surface area contributed by atoms with E-state index in [0.29, 0.717) is 4.60 Å². The van der Waals surface area contributed by atoms with Crippen molar-refractivity contribution in [1.29, 1.82) is 0 Å². The summed E-state index contributed by atoms with van der Waals surface area (Å²) < 4.78 is 7.83. The summed E-state index contributed by atoms with van der Waals surface area (Å²) in [6, 6.07) is 0. The monoisotopic (exact) mass is 315 g/mol. The zero-order valence-corrected chi connectivity index (χ0v) is 12.1. The summed E-state index contributed by atoms with van der Waals surface area (Å²) in [7, 11) is 1.84. The van der Waals surface area contributed by atoms with Crippen LogP contribution in [0.3, 0.4) is 0 Å². The number of hydrogen-bond donors (Lipinski definition) is 1. The fraction of sp³-hybridized carbons (Fsp3) is 0.833. The van der Waals surface area contributed by atoms with Gasteiger partial charge in [-0.15, -0.1) is 5.10 Å². The maximum absolute atomic E-state index is 11.3. The zero-order valence-electron chi connectivity index (χ0n) is 10.5. The molecular formula is C12H18BrN3O2. The smallest absolute Gasteiger partial charge is 0.154 e. The predicted molar refractivity (Wildman–Crippen MR) is 68.9 cm³/mol. The van der Waals surface area contributed by atoms with E-state index in [9.17, 15) is 5.11 Å². The number of ether oxygens (including phenoxy) is 1. The fourth-order valence-electron chi connectivity index (χ4n) is 3.72. The molecule has 3 rings (SSSR count). The summed E-state index contributed by atoms with van der Waals surface area (Å²) in [6.07, 6.45) is 4.73. The van der Waals surface area contributed by atoms with Crippen LogP contribution < -0.4 is 0 Å². The minimum atomic E-state index is -0.826. The Morgan fingerprint density at radius 1 is 1.28 bits per heavy atom. The molecule has 1 unspecified atom stereocenters. The first-order valence-electron chi connectivity index (χ1n) is 6.45. The molecule has 6 heteroatoms. The van der Waals surface area contributed by atoms with Gasteiger partial charge in [0.25, 0.3) is 0 Å². The molecule has 1 aliphatic heterocycles. The highest BCUT2D eigenvalue weighted by molar-refractivity contribution is 9.10. The largest absolute Gasteiger partial charge is 0.383 e. The topological polar surface area (TPSA) is 60.2 Å². The van der Waals surface area contributed by atoms with Crippen molar-refractivity contribution in [2.75, 3.05) is 13.2 Å². The first-order chi connectivity index (χ1) is 8.59. The van der Waals surface area contributed by atoms with E-state index in [1.807, 2.05) is 7.05 Å². The Hall–Kier alpha value is -0.460. The van der Waals surface area contributed by atoms with Gasteiger partial charge in [-0.1, -0.05) is 5.21 Å². The fourth-order valence-corrected chi connectivity index (χ4v) is 4.38. The molecule has 1 saturated heterocycles. The van der Waals surface area contributed by atoms with E-state index in [-0.39, 0.29) is 5.41 Å². The van der Waals surface area contributed by atoms with Gasteiger partial charge in [-0.25, -0.2) is 4.68 Å². The van der Waals surface area contributed by atoms with Crippen LogP contribution in [-0.2, 0) is 17.4 Å². The molecule has 2 heterocycles. The number of halogens is 1. The molecule has 1 aliphatic carbocycles. The van der Waals surface area contributed by atoms with E-state index < -0.39 is 5.60 Å². The SMILES string of the molecule is Cn1nnc(Br)c1C1(O)CCCC12CCOCC2. The van der Waals surface area contributed by atoms with Gasteiger partial charge in [0, 0.05) is 25.7 Å². The predicted octanol–water partition coefficient (Wildman–Crippen LogP) is 1.75. The van der Waals surface area contributed by atoms with Crippen molar-refractivity contribution in [3.05, 3.63) is 10.3 Å². The Labute approximate surface area is 115 Å². The molecule has 0 amide bonds. The molecular weight excluding hydrogens is 298 g/mol. The first-order valence-corrected chi connectivity index (χ1v) is 7.24. The van der Waals surface area contributed by atoms with Crippen molar-refractivity contribution in [1.82, 2.24) is 15.0 Å². The van der Waals surface area contributed by atoms with Gasteiger partial charge in [-0.3, -0.25) is 0 Å². The van der Waals surface area contributed by atoms with Gasteiger partial charge in [0.15, 0.2) is 4.60 Å². The molecule has 100 valence electrons. The van der Waals surface area contributed by atoms with Crippen LogP contribution in [0.4, 0.5) is 0 Å². The quantitative estimate of drug-likeness (QED) is 0.857. The van der Waals surface area contributed by atoms with Crippen molar-refractivity contribution >= 4 is 15.9 Å². The summed E-state index contributed by atoms with van der Waals surface area (Å²) in [6.45, 7) is 1.48. The molecule has 0 bridgehead atoms. The number of hydrogen-bond acceptors (Lipinski definition) is 4. The van der Waals surface area contributed by atoms with Crippen LogP contribution in [0, 0.1) is 5.41 Å². The number of aromatic nitrogens is 3. The molecule has 1 aromatic rings. The summed E-state index contributed by atoms with van der Waals surface area (Å²) in [5, 5.41) is 19.3. The second kappa shape index (κ2) is 4.28. The van der Waals surface area contributed by atoms with E-state index in [4.69, 9.17) is 4.74 Å². The molecule has 18 heavy (non-hydrogen) atoms. The molecule has 2 aliphatic rings. The normalized spacial score (nSPS) is 31.1. The number of aliphatic hydroxyl groups is 1. The molecule has 0 aromatic carbocycles. The third-order valence-electron chi connectivity index (χ3n) is 4.70. The molecule has 1 N–H and O–H groups in total. The van der Waals surface area contributed by atoms with E-state index in [1.165, 1.54) is 0 Å². The van der Waals surface area contributed by atoms with Crippen LogP contribution >= 0.6 is 15.9 Å². The molecule has 1 spiro atoms. The van der Waals surface area contributed by atoms with Crippen LogP contribution in [0.5, 0.6) is 0 Å². The highest BCUT2D eigenvalue weighted by Gasteiger charge is 2.57. The highest BCUT2D eigenvalue weighted by Crippen LogP contribution is 2.58. The average molecular weight is 316 g/mol. The summed E-state index contributed by atoms with van der Waals surface area (Å²) >= 11 is 3.43. The van der Waals surface area contributed by atoms with Crippen molar-refractivity contribution in [2.24, 2.45) is 12.5 Å². The molecule has 1 atom stereocenters. The Morgan fingerprint density at radius 3 is 2.61 bits per heavy atom. The number of aryl methyl sites for hydroxylation is 1. The van der Waals surface area contributed by atoms with Crippen LogP contribution in [0.2, 0.25) is 0 Å². The van der Waals surface area contributed by atoms with Crippen molar-refractivity contribution in [2.45, 2.75) is 37.7 Å². The van der Waals surface area contributed by atoms with Crippen molar-refractivity contribution in [3.63, 3.8) is 0 Å². The lowest BCUT2D eigenvalue weighted by molar-refractivity contribution is -0.123. The lowest BCUT2D eigenvalue weighted by Crippen LogP contribution is -2.46. The van der Waals surface area contributed by atoms with E-state index in [1.54, 1.807) is 4.68 Å². The zero-order chi connectivity index (χ0) is 12.8. The van der Waals surface area contributed by atoms with Crippen LogP contribution in [0.15, 0.2) is 4.60 Å². The van der Waals surface area contributed by atoms with Crippen LogP contribution in [0.1, 0.15) is 37.8 Å². The van der Waals surface area contributed by atoms with E-state index >= 15 is 0 Å². The standard InChI is InChI=1S/C12H18BrN3O2/c1-16-9(10(13)14-15-16)12(17)4-2-3-11(12)5-7-18-8-6-11/h17H,2-8H2,1H3. The molecule has 0 radical (unpaired) electrons. The first kappa shape index (κ1) is 12.6. The number of nitrogens with zero attached hydrogens (tertiary/aromatic N) is 3. The van der Waals surface area contributed by atoms with E-state index in [2.05, 4.69) is 26.2 Å². The minimum absolute atomic E-state index is 0.0662. The summed E-state index contributed by atoms with van der Waals surface area (Å²) in [5.74, 6) is 0. The maximum atomic E-state index is 11.3. The third-order valence-corrected chi connectivity index (χ3v) is 5.23. The van der Waals surface area contributed by atoms with Gasteiger partial charge in [0.05, 0.1) is 0 Å². The van der Waals surface area contributed by atoms with Crippen molar-refractivity contribution in [3.8, 4) is 0 Å². The Kier molecular flexibility index (Phi) is 2.99. The van der Waals surface area contributed by atoms with E-state index in [0.717, 1.165) is 51.0 Å². The molecule has 1 aromatic heterocycles. The number of rotatable bonds is 1. The van der Waals surface area contributed by atoms with Gasteiger partial charge in [-0.2, -0.15) is 0 Å². The van der Waals surface area contributed by atoms with Gasteiger partial charge in [-0.05, 0) is 48.0 Å². The minimum Gasteiger partial charge on any atom is -0.383 e. The Morgan fingerprint density at radius 2 is 2.00 bits per heavy atom. The van der Waals surface area contributed by atoms with Crippen molar-refractivity contribution < 1.29 is 9.84 Å². The lowest BCUT2D eigenvalue weighted by Gasteiger charge is -2.44. The van der Waals surface area contributed by atoms with Crippen LogP contribution in [-0.4, -0.2) is 33.3 Å². The second-order valence-corrected chi connectivity index (χ2v) is 6.21. The van der Waals surface area contributed by atoms with Gasteiger partial charge < -0.3 is 9.84 Å². The summed E-state index contributed by atoms with van der Waals surface area (Å²) in [4.78, 5) is 0. The van der Waals surface area contributed by atoms with Gasteiger partial charge in [0.2, 0.25) is 0 Å². The Balaban J connectivity index is 2.07.